The maximum absolute atomic E-state index is 12.5. The Morgan fingerprint density at radius 2 is 1.93 bits per heavy atom. The van der Waals surface area contributed by atoms with Gasteiger partial charge in [-0.2, -0.15) is 5.26 Å². The van der Waals surface area contributed by atoms with Gasteiger partial charge in [-0.15, -0.1) is 0 Å². The minimum atomic E-state index is -0.779. The molecule has 0 bridgehead atoms. The van der Waals surface area contributed by atoms with Gasteiger partial charge >= 0.3 is 5.69 Å². The lowest BCUT2D eigenvalue weighted by molar-refractivity contribution is -0.386. The van der Waals surface area contributed by atoms with E-state index in [-0.39, 0.29) is 16.9 Å². The minimum Gasteiger partial charge on any atom is -0.500 e. The smallest absolute Gasteiger partial charge is 0.315 e. The Morgan fingerprint density at radius 1 is 1.30 bits per heavy atom. The second kappa shape index (κ2) is 9.93. The van der Waals surface area contributed by atoms with Crippen molar-refractivity contribution in [3.8, 4) is 17.6 Å². The van der Waals surface area contributed by atoms with Crippen molar-refractivity contribution >= 4 is 29.0 Å². The Labute approximate surface area is 174 Å². The van der Waals surface area contributed by atoms with Crippen LogP contribution >= 0.6 is 0 Å². The first-order valence-electron chi connectivity index (χ1n) is 9.18. The number of anilines is 2. The summed E-state index contributed by atoms with van der Waals surface area (Å²) in [5, 5.41) is 33.0. The van der Waals surface area contributed by atoms with E-state index in [0.717, 1.165) is 24.8 Å². The van der Waals surface area contributed by atoms with E-state index in [4.69, 9.17) is 4.74 Å². The van der Waals surface area contributed by atoms with Gasteiger partial charge in [0.15, 0.2) is 5.75 Å². The molecule has 1 amide bonds. The second-order valence-electron chi connectivity index (χ2n) is 6.19. The highest BCUT2D eigenvalue weighted by atomic mass is 16.6. The molecule has 0 atom stereocenters. The highest BCUT2D eigenvalue weighted by molar-refractivity contribution is 6.09. The molecule has 0 aliphatic carbocycles. The summed E-state index contributed by atoms with van der Waals surface area (Å²) in [6.45, 7) is 5.80. The number of nitriles is 1. The highest BCUT2D eigenvalue weighted by Crippen LogP contribution is 2.37. The van der Waals surface area contributed by atoms with Crippen molar-refractivity contribution in [1.29, 1.82) is 5.26 Å². The number of nitro groups is 1. The normalized spacial score (nSPS) is 10.8. The molecule has 2 aromatic rings. The quantitative estimate of drug-likeness (QED) is 0.294. The number of hydrogen-bond acceptors (Lipinski definition) is 7. The van der Waals surface area contributed by atoms with Crippen molar-refractivity contribution in [2.75, 3.05) is 30.4 Å². The molecule has 0 unspecified atom stereocenters. The van der Waals surface area contributed by atoms with E-state index in [2.05, 4.69) is 10.2 Å². The summed E-state index contributed by atoms with van der Waals surface area (Å²) in [6, 6.07) is 11.3. The molecule has 2 aromatic carbocycles. The first-order chi connectivity index (χ1) is 14.3. The molecular formula is C21H22N4O5. The number of methoxy groups -OCH3 is 1. The van der Waals surface area contributed by atoms with Gasteiger partial charge in [0, 0.05) is 30.5 Å². The Balaban J connectivity index is 2.28. The molecule has 0 heterocycles. The number of benzene rings is 2. The van der Waals surface area contributed by atoms with E-state index in [1.807, 2.05) is 26.0 Å². The summed E-state index contributed by atoms with van der Waals surface area (Å²) >= 11 is 0. The van der Waals surface area contributed by atoms with Crippen molar-refractivity contribution in [3.05, 3.63) is 57.6 Å². The minimum absolute atomic E-state index is 0.139. The van der Waals surface area contributed by atoms with Crippen molar-refractivity contribution in [2.24, 2.45) is 0 Å². The summed E-state index contributed by atoms with van der Waals surface area (Å²) in [4.78, 5) is 25.0. The SMILES string of the molecule is CCN(CC)c1ccc(NC(=O)/C(C#N)=C\c2cc(OC)c(O)c([N+](=O)[O-])c2)cc1. The molecule has 0 aliphatic heterocycles. The summed E-state index contributed by atoms with van der Waals surface area (Å²) in [5.41, 5.74) is 0.832. The maximum atomic E-state index is 12.5. The van der Waals surface area contributed by atoms with Gasteiger partial charge in [-0.1, -0.05) is 0 Å². The fourth-order valence-electron chi connectivity index (χ4n) is 2.85. The molecule has 0 spiro atoms. The van der Waals surface area contributed by atoms with Crippen LogP contribution in [-0.2, 0) is 4.79 Å². The van der Waals surface area contributed by atoms with Gasteiger partial charge in [0.1, 0.15) is 11.6 Å². The van der Waals surface area contributed by atoms with Crippen LogP contribution in [0.15, 0.2) is 42.0 Å². The van der Waals surface area contributed by atoms with Gasteiger partial charge < -0.3 is 20.1 Å². The molecule has 0 saturated carbocycles. The number of nitrogens with one attached hydrogen (secondary N) is 1. The lowest BCUT2D eigenvalue weighted by Gasteiger charge is -2.21. The molecule has 30 heavy (non-hydrogen) atoms. The van der Waals surface area contributed by atoms with E-state index >= 15 is 0 Å². The van der Waals surface area contributed by atoms with E-state index < -0.39 is 22.3 Å². The van der Waals surface area contributed by atoms with Crippen LogP contribution in [0.25, 0.3) is 6.08 Å². The number of phenols is 1. The Bertz CT molecular complexity index is 1010. The summed E-state index contributed by atoms with van der Waals surface area (Å²) in [5.74, 6) is -1.43. The number of amides is 1. The van der Waals surface area contributed by atoms with Crippen LogP contribution in [0.3, 0.4) is 0 Å². The number of hydrogen-bond donors (Lipinski definition) is 2. The van der Waals surface area contributed by atoms with Crippen LogP contribution < -0.4 is 15.0 Å². The Kier molecular flexibility index (Phi) is 7.36. The number of nitro benzene ring substituents is 1. The van der Waals surface area contributed by atoms with Crippen LogP contribution in [0.5, 0.6) is 11.5 Å². The fourth-order valence-corrected chi connectivity index (χ4v) is 2.85. The standard InChI is InChI=1S/C21H22N4O5/c1-4-24(5-2)17-8-6-16(7-9-17)23-21(27)15(13-22)10-14-11-18(25(28)29)20(26)19(12-14)30-3/h6-12,26H,4-5H2,1-3H3,(H,23,27)/b15-10-. The number of ether oxygens (including phenoxy) is 1. The molecule has 0 aliphatic rings. The molecule has 9 nitrogen and oxygen atoms in total. The van der Waals surface area contributed by atoms with E-state index in [9.17, 15) is 25.3 Å². The van der Waals surface area contributed by atoms with E-state index in [0.29, 0.717) is 5.69 Å². The molecule has 0 fully saturated rings. The number of rotatable bonds is 8. The van der Waals surface area contributed by atoms with E-state index in [1.165, 1.54) is 19.3 Å². The van der Waals surface area contributed by atoms with Crippen molar-refractivity contribution in [3.63, 3.8) is 0 Å². The highest BCUT2D eigenvalue weighted by Gasteiger charge is 2.20. The number of nitrogens with zero attached hydrogens (tertiary/aromatic N) is 3. The summed E-state index contributed by atoms with van der Waals surface area (Å²) < 4.78 is 4.93. The van der Waals surface area contributed by atoms with Crippen LogP contribution in [0, 0.1) is 21.4 Å². The average molecular weight is 410 g/mol. The van der Waals surface area contributed by atoms with Crippen LogP contribution in [0.2, 0.25) is 0 Å². The molecule has 0 aromatic heterocycles. The van der Waals surface area contributed by atoms with Gasteiger partial charge in [-0.3, -0.25) is 14.9 Å². The van der Waals surface area contributed by atoms with Crippen molar-refractivity contribution < 1.29 is 19.6 Å². The van der Waals surface area contributed by atoms with Gasteiger partial charge in [-0.25, -0.2) is 0 Å². The average Bonchev–Trinajstić information content (AvgIpc) is 2.74. The molecule has 9 heteroatoms. The molecular weight excluding hydrogens is 388 g/mol. The number of carbonyl (C=O) groups is 1. The topological polar surface area (TPSA) is 129 Å². The van der Waals surface area contributed by atoms with Crippen LogP contribution in [-0.4, -0.2) is 36.1 Å². The van der Waals surface area contributed by atoms with Gasteiger partial charge in [0.05, 0.1) is 12.0 Å². The Hall–Kier alpha value is -4.06. The monoisotopic (exact) mass is 410 g/mol. The molecule has 0 radical (unpaired) electrons. The first-order valence-corrected chi connectivity index (χ1v) is 9.18. The summed E-state index contributed by atoms with van der Waals surface area (Å²) in [6.07, 6.45) is 1.19. The van der Waals surface area contributed by atoms with Gasteiger partial charge in [0.25, 0.3) is 5.91 Å². The predicted octanol–water partition coefficient (Wildman–Crippen LogP) is 3.70. The van der Waals surface area contributed by atoms with Crippen LogP contribution in [0.4, 0.5) is 17.1 Å². The van der Waals surface area contributed by atoms with Crippen LogP contribution in [0.1, 0.15) is 19.4 Å². The second-order valence-corrected chi connectivity index (χ2v) is 6.19. The lowest BCUT2D eigenvalue weighted by Crippen LogP contribution is -2.21. The summed E-state index contributed by atoms with van der Waals surface area (Å²) in [7, 11) is 1.24. The third-order valence-corrected chi connectivity index (χ3v) is 4.42. The fraction of sp³-hybridized carbons (Fsp3) is 0.238. The molecule has 156 valence electrons. The zero-order valence-electron chi connectivity index (χ0n) is 16.9. The predicted molar refractivity (Wildman–Crippen MR) is 114 cm³/mol. The number of aromatic hydroxyl groups is 1. The largest absolute Gasteiger partial charge is 0.500 e. The first kappa shape index (κ1) is 22.2. The van der Waals surface area contributed by atoms with E-state index in [1.54, 1.807) is 18.2 Å². The van der Waals surface area contributed by atoms with Gasteiger partial charge in [-0.05, 0) is 55.8 Å². The third-order valence-electron chi connectivity index (χ3n) is 4.42. The van der Waals surface area contributed by atoms with Crippen molar-refractivity contribution in [2.45, 2.75) is 13.8 Å². The number of carbonyl (C=O) groups excluding carboxylic acids is 1. The molecule has 2 N–H and O–H groups in total. The zero-order chi connectivity index (χ0) is 22.3. The molecule has 0 saturated heterocycles. The maximum Gasteiger partial charge on any atom is 0.315 e. The Morgan fingerprint density at radius 3 is 2.43 bits per heavy atom. The number of phenolic OH excluding ortho intramolecular Hbond substituents is 1. The zero-order valence-corrected chi connectivity index (χ0v) is 16.9. The third kappa shape index (κ3) is 5.05. The van der Waals surface area contributed by atoms with Crippen molar-refractivity contribution in [1.82, 2.24) is 0 Å². The molecule has 2 rings (SSSR count). The lowest BCUT2D eigenvalue weighted by atomic mass is 10.1. The van der Waals surface area contributed by atoms with Gasteiger partial charge in [0.2, 0.25) is 5.75 Å².